The Kier molecular flexibility index (Phi) is 5.46. The molecule has 3 rings (SSSR count). The molecule has 120 valence electrons. The van der Waals surface area contributed by atoms with E-state index < -0.39 is 0 Å². The highest BCUT2D eigenvalue weighted by molar-refractivity contribution is 5.84. The summed E-state index contributed by atoms with van der Waals surface area (Å²) in [5.74, 6) is 1.29. The standard InChI is InChI=1S/C21H26N2/c1-2-3-16-23-17-10-15-20(23)22-21(18-11-6-4-7-12-18)19-13-8-5-9-14-19/h4-9,11-14,21H,2-3,10,15-17H2,1H3. The second-order valence-corrected chi connectivity index (χ2v) is 6.21. The zero-order valence-electron chi connectivity index (χ0n) is 14.0. The third-order valence-electron chi connectivity index (χ3n) is 4.48. The second-order valence-electron chi connectivity index (χ2n) is 6.21. The molecule has 2 heteroatoms. The monoisotopic (exact) mass is 306 g/mol. The Bertz CT molecular complexity index is 579. The fraction of sp³-hybridized carbons (Fsp3) is 0.381. The van der Waals surface area contributed by atoms with E-state index in [0.29, 0.717) is 0 Å². The number of hydrogen-bond donors (Lipinski definition) is 0. The van der Waals surface area contributed by atoms with Gasteiger partial charge in [0.2, 0.25) is 0 Å². The second kappa shape index (κ2) is 7.96. The highest BCUT2D eigenvalue weighted by Crippen LogP contribution is 2.28. The molecule has 0 bridgehead atoms. The Labute approximate surface area is 139 Å². The first-order valence-electron chi connectivity index (χ1n) is 8.80. The molecule has 0 radical (unpaired) electrons. The Morgan fingerprint density at radius 1 is 0.957 bits per heavy atom. The van der Waals surface area contributed by atoms with Gasteiger partial charge in [-0.15, -0.1) is 0 Å². The largest absolute Gasteiger partial charge is 0.360 e. The van der Waals surface area contributed by atoms with Crippen molar-refractivity contribution in [3.8, 4) is 0 Å². The summed E-state index contributed by atoms with van der Waals surface area (Å²) in [6.07, 6.45) is 4.84. The van der Waals surface area contributed by atoms with E-state index >= 15 is 0 Å². The fourth-order valence-corrected chi connectivity index (χ4v) is 3.21. The fourth-order valence-electron chi connectivity index (χ4n) is 3.21. The molecule has 1 heterocycles. The van der Waals surface area contributed by atoms with Crippen molar-refractivity contribution in [2.45, 2.75) is 38.6 Å². The van der Waals surface area contributed by atoms with Crippen LogP contribution in [0, 0.1) is 0 Å². The predicted octanol–water partition coefficient (Wildman–Crippen LogP) is 5.07. The summed E-state index contributed by atoms with van der Waals surface area (Å²) < 4.78 is 0. The van der Waals surface area contributed by atoms with Crippen LogP contribution in [-0.2, 0) is 0 Å². The van der Waals surface area contributed by atoms with Crippen LogP contribution in [0.4, 0.5) is 0 Å². The Balaban J connectivity index is 1.91. The number of nitrogens with zero attached hydrogens (tertiary/aromatic N) is 2. The molecule has 1 saturated heterocycles. The molecule has 0 aromatic heterocycles. The van der Waals surface area contributed by atoms with Crippen LogP contribution < -0.4 is 0 Å². The summed E-state index contributed by atoms with van der Waals surface area (Å²) >= 11 is 0. The van der Waals surface area contributed by atoms with Gasteiger partial charge in [0.25, 0.3) is 0 Å². The van der Waals surface area contributed by atoms with Gasteiger partial charge < -0.3 is 4.90 Å². The molecule has 0 unspecified atom stereocenters. The SMILES string of the molecule is CCCCN1CCCC1=NC(c1ccccc1)c1ccccc1. The van der Waals surface area contributed by atoms with E-state index in [1.807, 2.05) is 0 Å². The molecule has 1 aliphatic rings. The minimum atomic E-state index is 0.106. The summed E-state index contributed by atoms with van der Waals surface area (Å²) in [6, 6.07) is 21.4. The first-order valence-corrected chi connectivity index (χ1v) is 8.80. The van der Waals surface area contributed by atoms with E-state index in [2.05, 4.69) is 72.5 Å². The van der Waals surface area contributed by atoms with Gasteiger partial charge >= 0.3 is 0 Å². The minimum Gasteiger partial charge on any atom is -0.360 e. The van der Waals surface area contributed by atoms with Crippen molar-refractivity contribution in [2.75, 3.05) is 13.1 Å². The Hall–Kier alpha value is -2.09. The van der Waals surface area contributed by atoms with Crippen molar-refractivity contribution >= 4 is 5.84 Å². The van der Waals surface area contributed by atoms with Crippen molar-refractivity contribution in [1.29, 1.82) is 0 Å². The average molecular weight is 306 g/mol. The van der Waals surface area contributed by atoms with Crippen molar-refractivity contribution in [1.82, 2.24) is 4.90 Å². The normalized spacial score (nSPS) is 16.4. The summed E-state index contributed by atoms with van der Waals surface area (Å²) in [7, 11) is 0. The van der Waals surface area contributed by atoms with Gasteiger partial charge in [0.15, 0.2) is 0 Å². The molecule has 2 aromatic rings. The molecule has 0 saturated carbocycles. The molecule has 2 aromatic carbocycles. The number of hydrogen-bond acceptors (Lipinski definition) is 1. The molecule has 0 N–H and O–H groups in total. The van der Waals surface area contributed by atoms with Gasteiger partial charge in [0.05, 0.1) is 0 Å². The van der Waals surface area contributed by atoms with Crippen molar-refractivity contribution < 1.29 is 0 Å². The lowest BCUT2D eigenvalue weighted by atomic mass is 9.99. The van der Waals surface area contributed by atoms with E-state index in [0.717, 1.165) is 19.5 Å². The Morgan fingerprint density at radius 2 is 1.57 bits per heavy atom. The third-order valence-corrected chi connectivity index (χ3v) is 4.48. The number of benzene rings is 2. The first-order chi connectivity index (χ1) is 11.4. The number of unbranched alkanes of at least 4 members (excludes halogenated alkanes) is 1. The predicted molar refractivity (Wildman–Crippen MR) is 97.9 cm³/mol. The smallest absolute Gasteiger partial charge is 0.102 e. The highest BCUT2D eigenvalue weighted by Gasteiger charge is 2.21. The van der Waals surface area contributed by atoms with Crippen LogP contribution in [0.5, 0.6) is 0 Å². The van der Waals surface area contributed by atoms with Gasteiger partial charge in [0, 0.05) is 19.5 Å². The lowest BCUT2D eigenvalue weighted by molar-refractivity contribution is 0.437. The molecule has 1 fully saturated rings. The van der Waals surface area contributed by atoms with E-state index in [9.17, 15) is 0 Å². The molecule has 0 amide bonds. The summed E-state index contributed by atoms with van der Waals surface area (Å²) in [6.45, 7) is 4.56. The number of rotatable bonds is 6. The highest BCUT2D eigenvalue weighted by atomic mass is 15.2. The molecule has 0 aliphatic carbocycles. The van der Waals surface area contributed by atoms with Crippen LogP contribution in [0.15, 0.2) is 65.7 Å². The van der Waals surface area contributed by atoms with Crippen LogP contribution in [0.3, 0.4) is 0 Å². The quantitative estimate of drug-likeness (QED) is 0.727. The molecule has 2 nitrogen and oxygen atoms in total. The van der Waals surface area contributed by atoms with Gasteiger partial charge in [-0.1, -0.05) is 74.0 Å². The van der Waals surface area contributed by atoms with Crippen LogP contribution in [0.25, 0.3) is 0 Å². The summed E-state index contributed by atoms with van der Waals surface area (Å²) in [5, 5.41) is 0. The average Bonchev–Trinajstić information content (AvgIpc) is 3.06. The number of aliphatic imine (C=N–C) groups is 1. The van der Waals surface area contributed by atoms with Crippen LogP contribution in [-0.4, -0.2) is 23.8 Å². The molecule has 0 atom stereocenters. The van der Waals surface area contributed by atoms with Crippen LogP contribution in [0.1, 0.15) is 49.8 Å². The number of amidine groups is 1. The molecule has 23 heavy (non-hydrogen) atoms. The lowest BCUT2D eigenvalue weighted by Crippen LogP contribution is -2.26. The maximum atomic E-state index is 5.19. The minimum absolute atomic E-state index is 0.106. The third kappa shape index (κ3) is 4.01. The molecule has 1 aliphatic heterocycles. The lowest BCUT2D eigenvalue weighted by Gasteiger charge is -2.21. The van der Waals surface area contributed by atoms with Crippen molar-refractivity contribution in [3.63, 3.8) is 0 Å². The zero-order valence-corrected chi connectivity index (χ0v) is 14.0. The zero-order chi connectivity index (χ0) is 15.9. The van der Waals surface area contributed by atoms with Gasteiger partial charge in [0.1, 0.15) is 11.9 Å². The summed E-state index contributed by atoms with van der Waals surface area (Å²) in [5.41, 5.74) is 2.54. The van der Waals surface area contributed by atoms with Crippen molar-refractivity contribution in [2.24, 2.45) is 4.99 Å². The van der Waals surface area contributed by atoms with Crippen LogP contribution in [0.2, 0.25) is 0 Å². The van der Waals surface area contributed by atoms with Crippen molar-refractivity contribution in [3.05, 3.63) is 71.8 Å². The van der Waals surface area contributed by atoms with Gasteiger partial charge in [-0.2, -0.15) is 0 Å². The van der Waals surface area contributed by atoms with Gasteiger partial charge in [-0.05, 0) is 24.0 Å². The Morgan fingerprint density at radius 3 is 2.13 bits per heavy atom. The number of likely N-dealkylation sites (tertiary alicyclic amines) is 1. The van der Waals surface area contributed by atoms with E-state index in [4.69, 9.17) is 4.99 Å². The maximum absolute atomic E-state index is 5.19. The molecular formula is C21H26N2. The van der Waals surface area contributed by atoms with Crippen LogP contribution >= 0.6 is 0 Å². The van der Waals surface area contributed by atoms with E-state index in [-0.39, 0.29) is 6.04 Å². The van der Waals surface area contributed by atoms with Gasteiger partial charge in [-0.25, -0.2) is 0 Å². The maximum Gasteiger partial charge on any atom is 0.102 e. The topological polar surface area (TPSA) is 15.6 Å². The summed E-state index contributed by atoms with van der Waals surface area (Å²) in [4.78, 5) is 7.68. The molecular weight excluding hydrogens is 280 g/mol. The van der Waals surface area contributed by atoms with E-state index in [1.54, 1.807) is 0 Å². The molecule has 0 spiro atoms. The van der Waals surface area contributed by atoms with E-state index in [1.165, 1.54) is 36.2 Å². The van der Waals surface area contributed by atoms with Gasteiger partial charge in [-0.3, -0.25) is 4.99 Å². The first kappa shape index (κ1) is 15.8.